The zero-order valence-corrected chi connectivity index (χ0v) is 48.3. The van der Waals surface area contributed by atoms with Crippen molar-refractivity contribution in [3.05, 3.63) is 92.4 Å². The zero-order chi connectivity index (χ0) is 50.9. The molecule has 0 spiro atoms. The molecule has 0 N–H and O–H groups in total. The van der Waals surface area contributed by atoms with E-state index in [0.29, 0.717) is 5.65 Å². The fourth-order valence-electron chi connectivity index (χ4n) is 10.9. The lowest BCUT2D eigenvalue weighted by atomic mass is 9.90. The first-order chi connectivity index (χ1) is 36.6. The Hall–Kier alpha value is -4.48. The van der Waals surface area contributed by atoms with Crippen LogP contribution in [0.15, 0.2) is 72.9 Å². The molecule has 0 aliphatic heterocycles. The molecular weight excluding hydrogens is 981 g/mol. The third-order valence-corrected chi connectivity index (χ3v) is 19.7. The topological polar surface area (TPSA) is 77.3 Å². The monoisotopic (exact) mass is 1060 g/mol. The van der Waals surface area contributed by atoms with Crippen LogP contribution in [0.4, 0.5) is 0 Å². The summed E-state index contributed by atoms with van der Waals surface area (Å²) in [7, 11) is 0. The van der Waals surface area contributed by atoms with Gasteiger partial charge in [-0.05, 0) is 129 Å². The molecule has 6 nitrogen and oxygen atoms in total. The van der Waals surface area contributed by atoms with Crippen LogP contribution in [-0.4, -0.2) is 30.6 Å². The molecule has 9 aromatic rings. The average Bonchev–Trinajstić information content (AvgIpc) is 4.28. The van der Waals surface area contributed by atoms with Gasteiger partial charge in [-0.15, -0.1) is 65.7 Å². The van der Waals surface area contributed by atoms with E-state index in [4.69, 9.17) is 15.2 Å². The first-order valence-corrected chi connectivity index (χ1v) is 32.3. The maximum Gasteiger partial charge on any atom is 0.185 e. The second-order valence-electron chi connectivity index (χ2n) is 21.0. The molecule has 2 aromatic carbocycles. The Labute approximate surface area is 458 Å². The molecular formula is C64H80N6S4. The Morgan fingerprint density at radius 2 is 0.784 bits per heavy atom. The fraction of sp³-hybridized carbons (Fsp3) is 0.500. The van der Waals surface area contributed by atoms with E-state index in [1.54, 1.807) is 6.20 Å². The van der Waals surface area contributed by atoms with E-state index >= 15 is 0 Å². The average molecular weight is 1060 g/mol. The highest BCUT2D eigenvalue weighted by Crippen LogP contribution is 2.51. The van der Waals surface area contributed by atoms with Gasteiger partial charge in [0.05, 0.1) is 16.6 Å². The molecule has 0 aliphatic carbocycles. The van der Waals surface area contributed by atoms with Crippen molar-refractivity contribution in [1.29, 1.82) is 0 Å². The van der Waals surface area contributed by atoms with Gasteiger partial charge >= 0.3 is 0 Å². The zero-order valence-electron chi connectivity index (χ0n) is 45.0. The highest BCUT2D eigenvalue weighted by molar-refractivity contribution is 7.17. The van der Waals surface area contributed by atoms with Gasteiger partial charge in [-0.3, -0.25) is 0 Å². The summed E-state index contributed by atoms with van der Waals surface area (Å²) in [6.45, 7) is 9.20. The van der Waals surface area contributed by atoms with Crippen molar-refractivity contribution in [1.82, 2.24) is 30.6 Å². The highest BCUT2D eigenvalue weighted by atomic mass is 32.1. The molecule has 390 valence electrons. The molecule has 0 saturated heterocycles. The molecule has 0 bridgehead atoms. The molecule has 0 fully saturated rings. The normalized spacial score (nSPS) is 11.9. The molecule has 0 atom stereocenters. The van der Waals surface area contributed by atoms with Crippen LogP contribution in [0.3, 0.4) is 0 Å². The summed E-state index contributed by atoms with van der Waals surface area (Å²) in [5.41, 5.74) is 7.06. The molecule has 10 heteroatoms. The number of aryl methyl sites for hydroxylation is 4. The van der Waals surface area contributed by atoms with Gasteiger partial charge in [-0.1, -0.05) is 156 Å². The van der Waals surface area contributed by atoms with Gasteiger partial charge in [0.1, 0.15) is 11.2 Å². The summed E-state index contributed by atoms with van der Waals surface area (Å²) in [4.78, 5) is 16.1. The maximum atomic E-state index is 5.45. The van der Waals surface area contributed by atoms with Gasteiger partial charge in [-0.2, -0.15) is 0 Å². The number of hydrogen-bond acceptors (Lipinski definition) is 10. The van der Waals surface area contributed by atoms with Crippen molar-refractivity contribution in [2.45, 2.75) is 207 Å². The fourth-order valence-corrected chi connectivity index (χ4v) is 15.3. The SMILES string of the molecule is CCCCCCCCc1ccc(-c2nnc3c(-c4ccc(CCCCCCCC)s4)c4c(-c5ccc(CCCCCCCC)s5)c5nc6nnncc6cc5cc4cc3c2-c2ccc(CCCCCCCC)s2)s1. The van der Waals surface area contributed by atoms with E-state index in [1.807, 2.05) is 45.3 Å². The van der Waals surface area contributed by atoms with Crippen LogP contribution >= 0.6 is 45.3 Å². The van der Waals surface area contributed by atoms with Crippen LogP contribution in [0.25, 0.3) is 85.5 Å². The molecule has 9 rings (SSSR count). The van der Waals surface area contributed by atoms with E-state index in [1.165, 1.54) is 220 Å². The molecule has 0 amide bonds. The molecule has 0 unspecified atom stereocenters. The van der Waals surface area contributed by atoms with Crippen LogP contribution < -0.4 is 0 Å². The number of aromatic nitrogens is 6. The summed E-state index contributed by atoms with van der Waals surface area (Å²) in [6.07, 6.45) is 37.4. The number of thiophene rings is 4. The maximum absolute atomic E-state index is 5.45. The van der Waals surface area contributed by atoms with Crippen LogP contribution in [0.5, 0.6) is 0 Å². The largest absolute Gasteiger partial charge is 0.226 e. The van der Waals surface area contributed by atoms with Crippen LogP contribution in [0, 0.1) is 0 Å². The standard InChI is InChI=1S/C64H80N6S4/c1-5-9-13-17-21-25-29-48-33-37-53(71-48)58-52-43-45-41-46-42-47-44-65-70-69-64(47)66-61(46)59(54-38-34-49(72-54)30-26-22-18-14-10-6-2)57(45)60(55-39-35-50(73-55)31-27-23-19-15-11-7-3)62(52)67-68-63(58)56-40-36-51(74-56)32-28-24-20-16-12-8-4/h33-44H,5-32H2,1-4H3. The Kier molecular flexibility index (Phi) is 20.6. The second-order valence-corrected chi connectivity index (χ2v) is 25.6. The Morgan fingerprint density at radius 3 is 1.28 bits per heavy atom. The van der Waals surface area contributed by atoms with E-state index < -0.39 is 0 Å². The highest BCUT2D eigenvalue weighted by Gasteiger charge is 2.26. The summed E-state index contributed by atoms with van der Waals surface area (Å²) >= 11 is 7.76. The molecule has 0 saturated carbocycles. The summed E-state index contributed by atoms with van der Waals surface area (Å²) in [5, 5.41) is 29.1. The summed E-state index contributed by atoms with van der Waals surface area (Å²) in [6, 6.07) is 26.1. The third kappa shape index (κ3) is 13.7. The smallest absolute Gasteiger partial charge is 0.185 e. The number of fused-ring (bicyclic) bond motifs is 4. The van der Waals surface area contributed by atoms with Gasteiger partial charge in [0, 0.05) is 72.4 Å². The molecule has 0 radical (unpaired) electrons. The van der Waals surface area contributed by atoms with E-state index in [2.05, 4.69) is 110 Å². The van der Waals surface area contributed by atoms with E-state index in [-0.39, 0.29) is 0 Å². The quantitative estimate of drug-likeness (QED) is 0.0309. The number of unbranched alkanes of at least 4 members (excludes halogenated alkanes) is 20. The molecule has 7 aromatic heterocycles. The minimum absolute atomic E-state index is 0.615. The minimum atomic E-state index is 0.615. The second kappa shape index (κ2) is 28.1. The van der Waals surface area contributed by atoms with Crippen molar-refractivity contribution < 1.29 is 0 Å². The number of rotatable bonds is 32. The Morgan fingerprint density at radius 1 is 0.365 bits per heavy atom. The molecule has 74 heavy (non-hydrogen) atoms. The van der Waals surface area contributed by atoms with Crippen LogP contribution in [-0.2, 0) is 25.7 Å². The van der Waals surface area contributed by atoms with E-state index in [9.17, 15) is 0 Å². The van der Waals surface area contributed by atoms with Crippen molar-refractivity contribution in [2.24, 2.45) is 0 Å². The Balaban J connectivity index is 1.23. The molecule has 0 aliphatic rings. The number of hydrogen-bond donors (Lipinski definition) is 0. The summed E-state index contributed by atoms with van der Waals surface area (Å²) in [5.74, 6) is 0. The first-order valence-electron chi connectivity index (χ1n) is 29.0. The van der Waals surface area contributed by atoms with Gasteiger partial charge in [0.25, 0.3) is 0 Å². The van der Waals surface area contributed by atoms with Gasteiger partial charge in [0.15, 0.2) is 5.65 Å². The number of nitrogens with zero attached hydrogens (tertiary/aromatic N) is 6. The van der Waals surface area contributed by atoms with Crippen molar-refractivity contribution in [3.63, 3.8) is 0 Å². The van der Waals surface area contributed by atoms with Crippen molar-refractivity contribution >= 4 is 89.0 Å². The van der Waals surface area contributed by atoms with E-state index in [0.717, 1.165) is 58.7 Å². The van der Waals surface area contributed by atoms with Gasteiger partial charge in [0.2, 0.25) is 0 Å². The predicted octanol–water partition coefficient (Wildman–Crippen LogP) is 21.2. The van der Waals surface area contributed by atoms with Crippen LogP contribution in [0.1, 0.15) is 201 Å². The predicted molar refractivity (Wildman–Crippen MR) is 325 cm³/mol. The minimum Gasteiger partial charge on any atom is -0.226 e. The lowest BCUT2D eigenvalue weighted by Crippen LogP contribution is -1.98. The van der Waals surface area contributed by atoms with Crippen LogP contribution in [0.2, 0.25) is 0 Å². The van der Waals surface area contributed by atoms with Gasteiger partial charge < -0.3 is 0 Å². The lowest BCUT2D eigenvalue weighted by molar-refractivity contribution is 0.609. The van der Waals surface area contributed by atoms with Crippen molar-refractivity contribution in [3.8, 4) is 41.9 Å². The molecule has 7 heterocycles. The Bertz CT molecular complexity index is 3170. The summed E-state index contributed by atoms with van der Waals surface area (Å²) < 4.78 is 0. The van der Waals surface area contributed by atoms with Gasteiger partial charge in [-0.25, -0.2) is 4.98 Å². The number of pyridine rings is 1. The third-order valence-electron chi connectivity index (χ3n) is 15.1. The van der Waals surface area contributed by atoms with Crippen molar-refractivity contribution in [2.75, 3.05) is 0 Å². The lowest BCUT2D eigenvalue weighted by Gasteiger charge is -2.18. The number of benzene rings is 2. The first kappa shape index (κ1) is 54.3.